The lowest BCUT2D eigenvalue weighted by atomic mass is 10.3. The molecule has 0 spiro atoms. The third-order valence-corrected chi connectivity index (χ3v) is 3.09. The largest absolute Gasteiger partial charge is 0.464 e. The van der Waals surface area contributed by atoms with Gasteiger partial charge < -0.3 is 14.8 Å². The second-order valence-corrected chi connectivity index (χ2v) is 4.03. The van der Waals surface area contributed by atoms with E-state index in [1.807, 2.05) is 0 Å². The van der Waals surface area contributed by atoms with Crippen LogP contribution in [0.2, 0.25) is 0 Å². The Morgan fingerprint density at radius 2 is 2.67 bits per heavy atom. The third kappa shape index (κ3) is 2.34. The van der Waals surface area contributed by atoms with Gasteiger partial charge in [-0.25, -0.2) is 9.78 Å². The molecule has 1 fully saturated rings. The molecule has 0 aromatic carbocycles. The van der Waals surface area contributed by atoms with Gasteiger partial charge in [0.2, 0.25) is 0 Å². The molecule has 15 heavy (non-hydrogen) atoms. The molecule has 0 bridgehead atoms. The minimum Gasteiger partial charge on any atom is -0.464 e. The van der Waals surface area contributed by atoms with Crippen molar-refractivity contribution in [2.45, 2.75) is 6.04 Å². The highest BCUT2D eigenvalue weighted by Gasteiger charge is 2.20. The van der Waals surface area contributed by atoms with Crippen molar-refractivity contribution in [3.8, 4) is 0 Å². The van der Waals surface area contributed by atoms with Gasteiger partial charge in [-0.1, -0.05) is 0 Å². The van der Waals surface area contributed by atoms with E-state index in [4.69, 9.17) is 4.74 Å². The van der Waals surface area contributed by atoms with Crippen LogP contribution in [0.15, 0.2) is 5.38 Å². The van der Waals surface area contributed by atoms with Crippen molar-refractivity contribution in [1.29, 1.82) is 0 Å². The van der Waals surface area contributed by atoms with Crippen LogP contribution in [-0.2, 0) is 9.47 Å². The highest BCUT2D eigenvalue weighted by atomic mass is 32.1. The molecule has 2 heterocycles. The number of hydrogen-bond acceptors (Lipinski definition) is 6. The molecule has 1 aromatic rings. The number of hydrogen-bond donors (Lipinski definition) is 1. The first kappa shape index (κ1) is 10.5. The summed E-state index contributed by atoms with van der Waals surface area (Å²) in [6, 6.07) is 0.0992. The van der Waals surface area contributed by atoms with E-state index in [-0.39, 0.29) is 6.04 Å². The Balaban J connectivity index is 2.08. The van der Waals surface area contributed by atoms with Crippen molar-refractivity contribution in [2.24, 2.45) is 0 Å². The molecule has 0 radical (unpaired) electrons. The van der Waals surface area contributed by atoms with Crippen LogP contribution in [0.3, 0.4) is 0 Å². The standard InChI is InChI=1S/C9H12N2O3S/c1-13-9(12)7-5-15-8(11-7)6-4-14-3-2-10-6/h5-6,10H,2-4H2,1H3. The maximum Gasteiger partial charge on any atom is 0.357 e. The molecule has 1 N–H and O–H groups in total. The number of methoxy groups -OCH3 is 1. The Morgan fingerprint density at radius 1 is 1.80 bits per heavy atom. The maximum atomic E-state index is 11.2. The van der Waals surface area contributed by atoms with Gasteiger partial charge in [-0.3, -0.25) is 0 Å². The lowest BCUT2D eigenvalue weighted by Gasteiger charge is -2.21. The fraction of sp³-hybridized carbons (Fsp3) is 0.556. The fourth-order valence-corrected chi connectivity index (χ4v) is 2.22. The van der Waals surface area contributed by atoms with E-state index in [2.05, 4.69) is 15.0 Å². The van der Waals surface area contributed by atoms with E-state index in [0.717, 1.165) is 18.2 Å². The molecule has 1 aromatic heterocycles. The van der Waals surface area contributed by atoms with E-state index >= 15 is 0 Å². The smallest absolute Gasteiger partial charge is 0.357 e. The SMILES string of the molecule is COC(=O)c1csc(C2COCCN2)n1. The van der Waals surface area contributed by atoms with Crippen LogP contribution in [0.25, 0.3) is 0 Å². The third-order valence-electron chi connectivity index (χ3n) is 2.14. The molecule has 5 nitrogen and oxygen atoms in total. The first-order valence-electron chi connectivity index (χ1n) is 4.66. The van der Waals surface area contributed by atoms with Crippen LogP contribution < -0.4 is 5.32 Å². The second kappa shape index (κ2) is 4.69. The van der Waals surface area contributed by atoms with Gasteiger partial charge in [0.25, 0.3) is 0 Å². The van der Waals surface area contributed by atoms with Crippen LogP contribution in [-0.4, -0.2) is 37.8 Å². The summed E-state index contributed by atoms with van der Waals surface area (Å²) in [4.78, 5) is 15.4. The predicted octanol–water partition coefficient (Wildman–Crippen LogP) is 0.591. The summed E-state index contributed by atoms with van der Waals surface area (Å²) in [5.74, 6) is -0.394. The molecular weight excluding hydrogens is 216 g/mol. The molecule has 0 saturated carbocycles. The molecule has 1 saturated heterocycles. The molecule has 1 aliphatic rings. The van der Waals surface area contributed by atoms with Gasteiger partial charge in [0.1, 0.15) is 5.01 Å². The summed E-state index contributed by atoms with van der Waals surface area (Å²) >= 11 is 1.45. The molecule has 1 unspecified atom stereocenters. The normalized spacial score (nSPS) is 21.3. The van der Waals surface area contributed by atoms with Gasteiger partial charge in [0, 0.05) is 11.9 Å². The number of thiazole rings is 1. The fourth-order valence-electron chi connectivity index (χ4n) is 1.37. The van der Waals surface area contributed by atoms with Crippen LogP contribution in [0, 0.1) is 0 Å². The quantitative estimate of drug-likeness (QED) is 0.751. The number of nitrogens with one attached hydrogen (secondary N) is 1. The number of rotatable bonds is 2. The number of morpholine rings is 1. The van der Waals surface area contributed by atoms with Gasteiger partial charge in [-0.15, -0.1) is 11.3 Å². The first-order valence-corrected chi connectivity index (χ1v) is 5.54. The van der Waals surface area contributed by atoms with Crippen LogP contribution in [0.5, 0.6) is 0 Å². The summed E-state index contributed by atoms with van der Waals surface area (Å²) < 4.78 is 9.91. The number of carbonyl (C=O) groups is 1. The number of aromatic nitrogens is 1. The number of esters is 1. The average Bonchev–Trinajstić information content (AvgIpc) is 2.78. The Labute approximate surface area is 91.4 Å². The monoisotopic (exact) mass is 228 g/mol. The number of ether oxygens (including phenoxy) is 2. The topological polar surface area (TPSA) is 60.5 Å². The Bertz CT molecular complexity index is 347. The van der Waals surface area contributed by atoms with E-state index in [1.54, 1.807) is 5.38 Å². The van der Waals surface area contributed by atoms with Crippen molar-refractivity contribution < 1.29 is 14.3 Å². The summed E-state index contributed by atoms with van der Waals surface area (Å²) in [6.45, 7) is 2.15. The lowest BCUT2D eigenvalue weighted by Crippen LogP contribution is -2.34. The van der Waals surface area contributed by atoms with Crippen LogP contribution in [0.4, 0.5) is 0 Å². The van der Waals surface area contributed by atoms with Crippen molar-refractivity contribution in [3.05, 3.63) is 16.1 Å². The summed E-state index contributed by atoms with van der Waals surface area (Å²) in [7, 11) is 1.35. The molecular formula is C9H12N2O3S. The number of carbonyl (C=O) groups excluding carboxylic acids is 1. The zero-order valence-electron chi connectivity index (χ0n) is 8.36. The highest BCUT2D eigenvalue weighted by Crippen LogP contribution is 2.20. The zero-order valence-corrected chi connectivity index (χ0v) is 9.17. The molecule has 0 aliphatic carbocycles. The Hall–Kier alpha value is -0.980. The maximum absolute atomic E-state index is 11.2. The second-order valence-electron chi connectivity index (χ2n) is 3.14. The van der Waals surface area contributed by atoms with Crippen molar-refractivity contribution >= 4 is 17.3 Å². The summed E-state index contributed by atoms with van der Waals surface area (Å²) in [5.41, 5.74) is 0.366. The zero-order chi connectivity index (χ0) is 10.7. The van der Waals surface area contributed by atoms with Gasteiger partial charge in [0.15, 0.2) is 5.69 Å². The van der Waals surface area contributed by atoms with Crippen molar-refractivity contribution in [1.82, 2.24) is 10.3 Å². The first-order chi connectivity index (χ1) is 7.31. The Morgan fingerprint density at radius 3 is 3.33 bits per heavy atom. The van der Waals surface area contributed by atoms with E-state index < -0.39 is 5.97 Å². The molecule has 0 amide bonds. The summed E-state index contributed by atoms with van der Waals surface area (Å²) in [5, 5.41) is 5.85. The van der Waals surface area contributed by atoms with Gasteiger partial charge in [0.05, 0.1) is 26.4 Å². The minimum absolute atomic E-state index is 0.0992. The van der Waals surface area contributed by atoms with Crippen molar-refractivity contribution in [3.63, 3.8) is 0 Å². The Kier molecular flexibility index (Phi) is 3.30. The average molecular weight is 228 g/mol. The van der Waals surface area contributed by atoms with Crippen molar-refractivity contribution in [2.75, 3.05) is 26.9 Å². The minimum atomic E-state index is -0.394. The molecule has 2 rings (SSSR count). The molecule has 1 atom stereocenters. The molecule has 1 aliphatic heterocycles. The van der Waals surface area contributed by atoms with Crippen LogP contribution >= 0.6 is 11.3 Å². The van der Waals surface area contributed by atoms with E-state index in [0.29, 0.717) is 12.3 Å². The van der Waals surface area contributed by atoms with Crippen LogP contribution in [0.1, 0.15) is 21.5 Å². The predicted molar refractivity (Wildman–Crippen MR) is 55.0 cm³/mol. The number of nitrogens with zero attached hydrogens (tertiary/aromatic N) is 1. The van der Waals surface area contributed by atoms with Gasteiger partial charge in [-0.2, -0.15) is 0 Å². The van der Waals surface area contributed by atoms with Gasteiger partial charge >= 0.3 is 5.97 Å². The van der Waals surface area contributed by atoms with E-state index in [9.17, 15) is 4.79 Å². The lowest BCUT2D eigenvalue weighted by molar-refractivity contribution is 0.0592. The van der Waals surface area contributed by atoms with E-state index in [1.165, 1.54) is 18.4 Å². The summed E-state index contributed by atoms with van der Waals surface area (Å²) in [6.07, 6.45) is 0. The molecule has 82 valence electrons. The highest BCUT2D eigenvalue weighted by molar-refractivity contribution is 7.09. The van der Waals surface area contributed by atoms with Gasteiger partial charge in [-0.05, 0) is 0 Å². The molecule has 6 heteroatoms.